The monoisotopic (exact) mass is 372 g/mol. The maximum Gasteiger partial charge on any atom is 0.416 e. The minimum Gasteiger partial charge on any atom is -0.331 e. The summed E-state index contributed by atoms with van der Waals surface area (Å²) in [6.07, 6.45) is -4.48. The van der Waals surface area contributed by atoms with E-state index < -0.39 is 17.6 Å². The molecule has 2 N–H and O–H groups in total. The summed E-state index contributed by atoms with van der Waals surface area (Å²) in [5.41, 5.74) is 0.707. The predicted molar refractivity (Wildman–Crippen MR) is 91.3 cm³/mol. The molecule has 0 saturated heterocycles. The van der Waals surface area contributed by atoms with Crippen molar-refractivity contribution < 1.29 is 18.0 Å². The van der Waals surface area contributed by atoms with Crippen molar-refractivity contribution in [1.82, 2.24) is 5.32 Å². The van der Waals surface area contributed by atoms with E-state index in [4.69, 9.17) is 23.8 Å². The van der Waals surface area contributed by atoms with Crippen LogP contribution in [-0.2, 0) is 6.18 Å². The van der Waals surface area contributed by atoms with Gasteiger partial charge in [-0.2, -0.15) is 13.2 Å². The quantitative estimate of drug-likeness (QED) is 0.744. The number of rotatable bonds is 2. The lowest BCUT2D eigenvalue weighted by molar-refractivity contribution is -0.137. The Hall–Kier alpha value is -2.12. The van der Waals surface area contributed by atoms with Crippen molar-refractivity contribution in [2.45, 2.75) is 13.1 Å². The van der Waals surface area contributed by atoms with Crippen LogP contribution in [0.5, 0.6) is 0 Å². The van der Waals surface area contributed by atoms with Gasteiger partial charge in [-0.15, -0.1) is 0 Å². The summed E-state index contributed by atoms with van der Waals surface area (Å²) in [7, 11) is 0. The molecule has 0 aliphatic carbocycles. The van der Waals surface area contributed by atoms with Crippen LogP contribution in [0.15, 0.2) is 42.5 Å². The standard InChI is InChI=1S/C16H12ClF3N2OS/c1-9-2-4-10(5-3-9)14(23)22-15(24)21-13-7-6-11(8-12(13)17)16(18,19)20/h2-8H,1H3,(H2,21,22,23,24). The number of thiocarbonyl (C=S) groups is 1. The number of halogens is 4. The van der Waals surface area contributed by atoms with E-state index in [1.54, 1.807) is 24.3 Å². The number of hydrogen-bond donors (Lipinski definition) is 2. The van der Waals surface area contributed by atoms with Crippen LogP contribution in [-0.4, -0.2) is 11.0 Å². The number of aryl methyl sites for hydroxylation is 1. The molecule has 0 unspecified atom stereocenters. The topological polar surface area (TPSA) is 41.1 Å². The average Bonchev–Trinajstić information content (AvgIpc) is 2.48. The number of hydrogen-bond acceptors (Lipinski definition) is 2. The molecule has 0 bridgehead atoms. The first kappa shape index (κ1) is 18.2. The van der Waals surface area contributed by atoms with Crippen molar-refractivity contribution in [1.29, 1.82) is 0 Å². The normalized spacial score (nSPS) is 11.0. The molecule has 0 fully saturated rings. The van der Waals surface area contributed by atoms with Gasteiger partial charge in [0.2, 0.25) is 0 Å². The van der Waals surface area contributed by atoms with Crippen molar-refractivity contribution in [3.05, 3.63) is 64.2 Å². The Balaban J connectivity index is 2.04. The van der Waals surface area contributed by atoms with Gasteiger partial charge in [0.1, 0.15) is 0 Å². The Kier molecular flexibility index (Phi) is 5.46. The minimum atomic E-state index is -4.48. The summed E-state index contributed by atoms with van der Waals surface area (Å²) in [5, 5.41) is 4.81. The second-order valence-electron chi connectivity index (χ2n) is 4.97. The van der Waals surface area contributed by atoms with Crippen LogP contribution in [0.25, 0.3) is 0 Å². The summed E-state index contributed by atoms with van der Waals surface area (Å²) in [6.45, 7) is 1.89. The van der Waals surface area contributed by atoms with Gasteiger partial charge in [0.25, 0.3) is 5.91 Å². The lowest BCUT2D eigenvalue weighted by Gasteiger charge is -2.13. The number of anilines is 1. The third kappa shape index (κ3) is 4.69. The van der Waals surface area contributed by atoms with Gasteiger partial charge < -0.3 is 5.32 Å². The molecule has 0 aliphatic heterocycles. The van der Waals surface area contributed by atoms with Crippen molar-refractivity contribution in [3.8, 4) is 0 Å². The van der Waals surface area contributed by atoms with E-state index in [-0.39, 0.29) is 15.8 Å². The highest BCUT2D eigenvalue weighted by atomic mass is 35.5. The first-order valence-corrected chi connectivity index (χ1v) is 7.51. The number of alkyl halides is 3. The fraction of sp³-hybridized carbons (Fsp3) is 0.125. The van der Waals surface area contributed by atoms with Crippen molar-refractivity contribution in [3.63, 3.8) is 0 Å². The third-order valence-electron chi connectivity index (χ3n) is 3.09. The molecule has 0 aliphatic rings. The Morgan fingerprint density at radius 1 is 1.12 bits per heavy atom. The maximum atomic E-state index is 12.6. The molecular weight excluding hydrogens is 361 g/mol. The molecule has 0 radical (unpaired) electrons. The molecule has 0 spiro atoms. The SMILES string of the molecule is Cc1ccc(C(=O)NC(=S)Nc2ccc(C(F)(F)F)cc2Cl)cc1. The number of carbonyl (C=O) groups excluding carboxylic acids is 1. The average molecular weight is 373 g/mol. The second kappa shape index (κ2) is 7.19. The second-order valence-corrected chi connectivity index (χ2v) is 5.78. The number of amides is 1. The zero-order valence-corrected chi connectivity index (χ0v) is 13.9. The van der Waals surface area contributed by atoms with Crippen LogP contribution in [0, 0.1) is 6.92 Å². The van der Waals surface area contributed by atoms with Gasteiger partial charge in [-0.1, -0.05) is 29.3 Å². The molecule has 0 aromatic heterocycles. The van der Waals surface area contributed by atoms with Crippen molar-refractivity contribution in [2.24, 2.45) is 0 Å². The minimum absolute atomic E-state index is 0.0674. The number of nitrogens with one attached hydrogen (secondary N) is 2. The Morgan fingerprint density at radius 2 is 1.75 bits per heavy atom. The molecule has 2 aromatic carbocycles. The molecule has 0 atom stereocenters. The van der Waals surface area contributed by atoms with Crippen molar-refractivity contribution in [2.75, 3.05) is 5.32 Å². The molecule has 3 nitrogen and oxygen atoms in total. The first-order valence-electron chi connectivity index (χ1n) is 6.72. The fourth-order valence-electron chi connectivity index (χ4n) is 1.83. The van der Waals surface area contributed by atoms with Gasteiger partial charge in [-0.05, 0) is 49.5 Å². The molecule has 1 amide bonds. The highest BCUT2D eigenvalue weighted by molar-refractivity contribution is 7.80. The van der Waals surface area contributed by atoms with Crippen LogP contribution in [0.3, 0.4) is 0 Å². The number of benzene rings is 2. The van der Waals surface area contributed by atoms with E-state index in [9.17, 15) is 18.0 Å². The van der Waals surface area contributed by atoms with Crippen LogP contribution >= 0.6 is 23.8 Å². The molecular formula is C16H12ClF3N2OS. The Bertz CT molecular complexity index is 776. The fourth-order valence-corrected chi connectivity index (χ4v) is 2.26. The molecule has 126 valence electrons. The summed E-state index contributed by atoms with van der Waals surface area (Å²) in [6, 6.07) is 9.63. The smallest absolute Gasteiger partial charge is 0.331 e. The summed E-state index contributed by atoms with van der Waals surface area (Å²) in [4.78, 5) is 12.0. The lowest BCUT2D eigenvalue weighted by atomic mass is 10.1. The molecule has 24 heavy (non-hydrogen) atoms. The van der Waals surface area contributed by atoms with Gasteiger partial charge >= 0.3 is 6.18 Å². The van der Waals surface area contributed by atoms with Gasteiger partial charge in [0.15, 0.2) is 5.11 Å². The van der Waals surface area contributed by atoms with Gasteiger partial charge in [-0.25, -0.2) is 0 Å². The van der Waals surface area contributed by atoms with E-state index >= 15 is 0 Å². The first-order chi connectivity index (χ1) is 11.2. The largest absolute Gasteiger partial charge is 0.416 e. The summed E-state index contributed by atoms with van der Waals surface area (Å²) < 4.78 is 37.8. The third-order valence-corrected chi connectivity index (χ3v) is 3.60. The predicted octanol–water partition coefficient (Wildman–Crippen LogP) is 4.79. The van der Waals surface area contributed by atoms with Crippen LogP contribution < -0.4 is 10.6 Å². The van der Waals surface area contributed by atoms with E-state index in [1.165, 1.54) is 0 Å². The molecule has 2 aromatic rings. The molecule has 0 saturated carbocycles. The van der Waals surface area contributed by atoms with E-state index in [1.807, 2.05) is 6.92 Å². The summed E-state index contributed by atoms with van der Waals surface area (Å²) >= 11 is 10.8. The number of carbonyl (C=O) groups is 1. The van der Waals surface area contributed by atoms with Gasteiger partial charge in [0.05, 0.1) is 16.3 Å². The highest BCUT2D eigenvalue weighted by Crippen LogP contribution is 2.33. The van der Waals surface area contributed by atoms with E-state index in [0.717, 1.165) is 23.8 Å². The van der Waals surface area contributed by atoms with Gasteiger partial charge in [-0.3, -0.25) is 10.1 Å². The van der Waals surface area contributed by atoms with Crippen LogP contribution in [0.4, 0.5) is 18.9 Å². The zero-order chi connectivity index (χ0) is 17.9. The Labute approximate surface area is 146 Å². The molecule has 0 heterocycles. The molecule has 2 rings (SSSR count). The maximum absolute atomic E-state index is 12.6. The Morgan fingerprint density at radius 3 is 2.29 bits per heavy atom. The van der Waals surface area contributed by atoms with E-state index in [0.29, 0.717) is 5.56 Å². The van der Waals surface area contributed by atoms with Crippen LogP contribution in [0.2, 0.25) is 5.02 Å². The van der Waals surface area contributed by atoms with E-state index in [2.05, 4.69) is 10.6 Å². The zero-order valence-electron chi connectivity index (χ0n) is 12.4. The van der Waals surface area contributed by atoms with Crippen LogP contribution in [0.1, 0.15) is 21.5 Å². The highest BCUT2D eigenvalue weighted by Gasteiger charge is 2.30. The molecule has 8 heteroatoms. The summed E-state index contributed by atoms with van der Waals surface area (Å²) in [5.74, 6) is -0.435. The van der Waals surface area contributed by atoms with Gasteiger partial charge in [0, 0.05) is 5.56 Å². The van der Waals surface area contributed by atoms with Crippen molar-refractivity contribution >= 4 is 40.5 Å². The lowest BCUT2D eigenvalue weighted by Crippen LogP contribution is -2.34.